The standard InChI is InChI=1S/C18H20N2O/c1-2-13-6-8-15(9-7-13)20-18(21)17-5-3-4-14-12-19-11-10-16(14)17/h3-9,19H,2,10-12H2,1H3,(H,20,21). The first kappa shape index (κ1) is 13.8. The highest BCUT2D eigenvalue weighted by molar-refractivity contribution is 6.05. The Bertz CT molecular complexity index is 647. The van der Waals surface area contributed by atoms with Gasteiger partial charge in [0.2, 0.25) is 0 Å². The fourth-order valence-corrected chi connectivity index (χ4v) is 2.77. The van der Waals surface area contributed by atoms with Crippen LogP contribution in [0.2, 0.25) is 0 Å². The third-order valence-electron chi connectivity index (χ3n) is 4.00. The molecule has 0 aromatic heterocycles. The van der Waals surface area contributed by atoms with E-state index in [0.717, 1.165) is 37.2 Å². The Morgan fingerprint density at radius 2 is 2.00 bits per heavy atom. The number of benzene rings is 2. The Morgan fingerprint density at radius 1 is 1.19 bits per heavy atom. The van der Waals surface area contributed by atoms with Crippen LogP contribution in [0.25, 0.3) is 0 Å². The lowest BCUT2D eigenvalue weighted by molar-refractivity contribution is 0.102. The molecule has 0 aliphatic carbocycles. The molecule has 0 bridgehead atoms. The maximum Gasteiger partial charge on any atom is 0.255 e. The molecular weight excluding hydrogens is 260 g/mol. The number of fused-ring (bicyclic) bond motifs is 1. The molecule has 1 aliphatic rings. The van der Waals surface area contributed by atoms with Gasteiger partial charge in [0, 0.05) is 17.8 Å². The van der Waals surface area contributed by atoms with E-state index in [9.17, 15) is 4.79 Å². The molecule has 3 nitrogen and oxygen atoms in total. The summed E-state index contributed by atoms with van der Waals surface area (Å²) in [5, 5.41) is 6.34. The largest absolute Gasteiger partial charge is 0.322 e. The number of carbonyl (C=O) groups excluding carboxylic acids is 1. The smallest absolute Gasteiger partial charge is 0.255 e. The van der Waals surface area contributed by atoms with Gasteiger partial charge in [-0.3, -0.25) is 4.79 Å². The van der Waals surface area contributed by atoms with Crippen LogP contribution in [-0.2, 0) is 19.4 Å². The molecule has 0 saturated carbocycles. The van der Waals surface area contributed by atoms with Crippen molar-refractivity contribution in [2.24, 2.45) is 0 Å². The quantitative estimate of drug-likeness (QED) is 0.907. The number of nitrogens with one attached hydrogen (secondary N) is 2. The molecule has 2 aromatic carbocycles. The van der Waals surface area contributed by atoms with Crippen LogP contribution >= 0.6 is 0 Å². The van der Waals surface area contributed by atoms with Crippen molar-refractivity contribution in [3.05, 3.63) is 64.7 Å². The number of anilines is 1. The second-order valence-electron chi connectivity index (χ2n) is 5.37. The van der Waals surface area contributed by atoms with Crippen LogP contribution in [0.4, 0.5) is 5.69 Å². The van der Waals surface area contributed by atoms with E-state index in [0.29, 0.717) is 0 Å². The van der Waals surface area contributed by atoms with E-state index in [1.54, 1.807) is 0 Å². The topological polar surface area (TPSA) is 41.1 Å². The molecule has 21 heavy (non-hydrogen) atoms. The van der Waals surface area contributed by atoms with Gasteiger partial charge < -0.3 is 10.6 Å². The summed E-state index contributed by atoms with van der Waals surface area (Å²) in [7, 11) is 0. The van der Waals surface area contributed by atoms with E-state index in [1.165, 1.54) is 16.7 Å². The third kappa shape index (κ3) is 2.98. The van der Waals surface area contributed by atoms with E-state index >= 15 is 0 Å². The Labute approximate surface area is 125 Å². The molecule has 3 heteroatoms. The number of amides is 1. The van der Waals surface area contributed by atoms with E-state index in [2.05, 4.69) is 35.8 Å². The van der Waals surface area contributed by atoms with Crippen molar-refractivity contribution in [3.63, 3.8) is 0 Å². The Hall–Kier alpha value is -2.13. The van der Waals surface area contributed by atoms with E-state index in [4.69, 9.17) is 0 Å². The van der Waals surface area contributed by atoms with Gasteiger partial charge in [0.25, 0.3) is 5.91 Å². The van der Waals surface area contributed by atoms with Crippen LogP contribution in [0.3, 0.4) is 0 Å². The molecule has 1 heterocycles. The minimum absolute atomic E-state index is 0.0157. The third-order valence-corrected chi connectivity index (χ3v) is 4.00. The van der Waals surface area contributed by atoms with Crippen LogP contribution in [0.1, 0.15) is 34.0 Å². The van der Waals surface area contributed by atoms with Crippen molar-refractivity contribution in [1.82, 2.24) is 5.32 Å². The van der Waals surface area contributed by atoms with Crippen molar-refractivity contribution >= 4 is 11.6 Å². The van der Waals surface area contributed by atoms with Gasteiger partial charge in [-0.1, -0.05) is 31.2 Å². The first-order chi connectivity index (χ1) is 10.3. The highest BCUT2D eigenvalue weighted by Gasteiger charge is 2.17. The van der Waals surface area contributed by atoms with Crippen LogP contribution in [0, 0.1) is 0 Å². The van der Waals surface area contributed by atoms with Crippen molar-refractivity contribution in [2.75, 3.05) is 11.9 Å². The van der Waals surface area contributed by atoms with Gasteiger partial charge in [-0.15, -0.1) is 0 Å². The van der Waals surface area contributed by atoms with Gasteiger partial charge in [0.05, 0.1) is 0 Å². The highest BCUT2D eigenvalue weighted by Crippen LogP contribution is 2.20. The van der Waals surface area contributed by atoms with Gasteiger partial charge in [-0.25, -0.2) is 0 Å². The van der Waals surface area contributed by atoms with Crippen molar-refractivity contribution in [1.29, 1.82) is 0 Å². The van der Waals surface area contributed by atoms with Gasteiger partial charge >= 0.3 is 0 Å². The van der Waals surface area contributed by atoms with Crippen molar-refractivity contribution in [2.45, 2.75) is 26.3 Å². The normalized spacial score (nSPS) is 13.6. The fraction of sp³-hybridized carbons (Fsp3) is 0.278. The molecule has 3 rings (SSSR count). The maximum atomic E-state index is 12.5. The molecule has 0 spiro atoms. The van der Waals surface area contributed by atoms with E-state index in [1.807, 2.05) is 24.3 Å². The summed E-state index contributed by atoms with van der Waals surface area (Å²) in [6.07, 6.45) is 1.92. The summed E-state index contributed by atoms with van der Waals surface area (Å²) in [5.74, 6) is -0.0157. The zero-order valence-corrected chi connectivity index (χ0v) is 12.3. The van der Waals surface area contributed by atoms with Crippen LogP contribution in [-0.4, -0.2) is 12.5 Å². The minimum atomic E-state index is -0.0157. The maximum absolute atomic E-state index is 12.5. The zero-order chi connectivity index (χ0) is 14.7. The molecule has 2 aromatic rings. The molecule has 0 saturated heterocycles. The molecule has 0 atom stereocenters. The summed E-state index contributed by atoms with van der Waals surface area (Å²) in [4.78, 5) is 12.5. The summed E-state index contributed by atoms with van der Waals surface area (Å²) in [6.45, 7) is 3.90. The van der Waals surface area contributed by atoms with Crippen LogP contribution in [0.15, 0.2) is 42.5 Å². The Balaban J connectivity index is 1.82. The Morgan fingerprint density at radius 3 is 2.76 bits per heavy atom. The lowest BCUT2D eigenvalue weighted by atomic mass is 9.95. The van der Waals surface area contributed by atoms with E-state index in [-0.39, 0.29) is 5.91 Å². The second kappa shape index (κ2) is 6.10. The molecule has 108 valence electrons. The summed E-state index contributed by atoms with van der Waals surface area (Å²) in [5.41, 5.74) is 5.34. The number of carbonyl (C=O) groups is 1. The average Bonchev–Trinajstić information content (AvgIpc) is 2.55. The predicted octanol–water partition coefficient (Wildman–Crippen LogP) is 3.15. The van der Waals surface area contributed by atoms with Gasteiger partial charge in [0.1, 0.15) is 0 Å². The number of hydrogen-bond acceptors (Lipinski definition) is 2. The van der Waals surface area contributed by atoms with Crippen LogP contribution in [0.5, 0.6) is 0 Å². The molecule has 0 fully saturated rings. The first-order valence-electron chi connectivity index (χ1n) is 7.49. The lowest BCUT2D eigenvalue weighted by Crippen LogP contribution is -2.26. The molecule has 1 aliphatic heterocycles. The molecule has 1 amide bonds. The van der Waals surface area contributed by atoms with Gasteiger partial charge in [0.15, 0.2) is 0 Å². The summed E-state index contributed by atoms with van der Waals surface area (Å²) in [6, 6.07) is 14.0. The number of aryl methyl sites for hydroxylation is 1. The molecule has 0 radical (unpaired) electrons. The second-order valence-corrected chi connectivity index (χ2v) is 5.37. The Kier molecular flexibility index (Phi) is 4.02. The highest BCUT2D eigenvalue weighted by atomic mass is 16.1. The average molecular weight is 280 g/mol. The molecule has 2 N–H and O–H groups in total. The zero-order valence-electron chi connectivity index (χ0n) is 12.3. The van der Waals surface area contributed by atoms with Crippen molar-refractivity contribution in [3.8, 4) is 0 Å². The van der Waals surface area contributed by atoms with E-state index < -0.39 is 0 Å². The minimum Gasteiger partial charge on any atom is -0.322 e. The monoisotopic (exact) mass is 280 g/mol. The number of hydrogen-bond donors (Lipinski definition) is 2. The molecular formula is C18H20N2O. The SMILES string of the molecule is CCc1ccc(NC(=O)c2cccc3c2CCNC3)cc1. The van der Waals surface area contributed by atoms with Crippen LogP contribution < -0.4 is 10.6 Å². The number of rotatable bonds is 3. The molecule has 0 unspecified atom stereocenters. The van der Waals surface area contributed by atoms with Gasteiger partial charge in [-0.2, -0.15) is 0 Å². The fourth-order valence-electron chi connectivity index (χ4n) is 2.77. The van der Waals surface area contributed by atoms with Gasteiger partial charge in [-0.05, 0) is 54.3 Å². The summed E-state index contributed by atoms with van der Waals surface area (Å²) < 4.78 is 0. The van der Waals surface area contributed by atoms with Crippen molar-refractivity contribution < 1.29 is 4.79 Å². The predicted molar refractivity (Wildman–Crippen MR) is 85.6 cm³/mol. The lowest BCUT2D eigenvalue weighted by Gasteiger charge is -2.20. The first-order valence-corrected chi connectivity index (χ1v) is 7.49. The summed E-state index contributed by atoms with van der Waals surface area (Å²) >= 11 is 0.